The molecule has 0 aromatic heterocycles. The highest BCUT2D eigenvalue weighted by Crippen LogP contribution is 1.97. The molecule has 3 heteroatoms. The van der Waals surface area contributed by atoms with Gasteiger partial charge in [0.05, 0.1) is 0 Å². The van der Waals surface area contributed by atoms with Crippen LogP contribution in [0.25, 0.3) is 0 Å². The number of alkyl halides is 1. The number of aliphatic hydroxyl groups is 2. The largest absolute Gasteiger partial charge is 0.379 e. The van der Waals surface area contributed by atoms with Gasteiger partial charge in [-0.25, -0.2) is 0 Å². The molecule has 0 aliphatic heterocycles. The number of halogens is 1. The van der Waals surface area contributed by atoms with Crippen molar-refractivity contribution in [2.24, 2.45) is 0 Å². The summed E-state index contributed by atoms with van der Waals surface area (Å²) in [5.41, 5.74) is -1.01. The van der Waals surface area contributed by atoms with Crippen LogP contribution < -0.4 is 0 Å². The Hall–Kier alpha value is -0.0400. The van der Waals surface area contributed by atoms with Crippen LogP contribution in [0.15, 0.2) is 0 Å². The Morgan fingerprint density at radius 2 is 2.10 bits per heavy atom. The molecule has 58 valence electrons. The lowest BCUT2D eigenvalue weighted by Crippen LogP contribution is -2.16. The van der Waals surface area contributed by atoms with Crippen LogP contribution in [0.4, 0.5) is 0 Å². The maximum atomic E-state index is 9.06. The van der Waals surface area contributed by atoms with Gasteiger partial charge in [0.1, 0.15) is 11.7 Å². The van der Waals surface area contributed by atoms with Crippen molar-refractivity contribution in [1.29, 1.82) is 0 Å². The first-order chi connectivity index (χ1) is 4.45. The van der Waals surface area contributed by atoms with Gasteiger partial charge >= 0.3 is 0 Å². The Balaban J connectivity index is 3.91. The maximum absolute atomic E-state index is 9.06. The van der Waals surface area contributed by atoms with E-state index in [-0.39, 0.29) is 0 Å². The summed E-state index contributed by atoms with van der Waals surface area (Å²) in [5, 5.41) is 18.4. The molecule has 1 atom stereocenters. The maximum Gasteiger partial charge on any atom is 0.124 e. The molecule has 0 fully saturated rings. The molecular weight excluding hydrogens is 196 g/mol. The van der Waals surface area contributed by atoms with E-state index in [4.69, 9.17) is 10.2 Å². The van der Waals surface area contributed by atoms with Crippen LogP contribution in [0, 0.1) is 11.8 Å². The second kappa shape index (κ2) is 3.97. The minimum Gasteiger partial charge on any atom is -0.379 e. The molecule has 0 aliphatic rings. The highest BCUT2D eigenvalue weighted by atomic mass is 79.9. The first-order valence-electron chi connectivity index (χ1n) is 2.95. The van der Waals surface area contributed by atoms with Gasteiger partial charge in [-0.15, -0.1) is 0 Å². The standard InChI is InChI=1S/C7H11BrO2/c1-7(2,10)4-3-6(9)5-8/h6,9-10H,5H2,1-2H3. The van der Waals surface area contributed by atoms with Crippen LogP contribution in [0.2, 0.25) is 0 Å². The van der Waals surface area contributed by atoms with E-state index >= 15 is 0 Å². The average Bonchev–Trinajstić information content (AvgIpc) is 1.81. The summed E-state index contributed by atoms with van der Waals surface area (Å²) >= 11 is 3.05. The summed E-state index contributed by atoms with van der Waals surface area (Å²) in [5.74, 6) is 4.98. The van der Waals surface area contributed by atoms with Crippen LogP contribution in [-0.4, -0.2) is 27.2 Å². The van der Waals surface area contributed by atoms with Gasteiger partial charge in [0.15, 0.2) is 0 Å². The fourth-order valence-corrected chi connectivity index (χ4v) is 0.460. The molecule has 0 aromatic carbocycles. The van der Waals surface area contributed by atoms with Gasteiger partial charge in [-0.2, -0.15) is 0 Å². The number of aliphatic hydroxyl groups excluding tert-OH is 1. The van der Waals surface area contributed by atoms with Gasteiger partial charge in [-0.05, 0) is 13.8 Å². The summed E-state index contributed by atoms with van der Waals surface area (Å²) < 4.78 is 0. The van der Waals surface area contributed by atoms with Gasteiger partial charge in [0.25, 0.3) is 0 Å². The Morgan fingerprint density at radius 1 is 1.60 bits per heavy atom. The van der Waals surface area contributed by atoms with Crippen molar-refractivity contribution in [2.45, 2.75) is 25.6 Å². The van der Waals surface area contributed by atoms with Gasteiger partial charge < -0.3 is 10.2 Å². The van der Waals surface area contributed by atoms with Crippen LogP contribution in [0.5, 0.6) is 0 Å². The summed E-state index contributed by atoms with van der Waals surface area (Å²) in [7, 11) is 0. The van der Waals surface area contributed by atoms with E-state index in [9.17, 15) is 0 Å². The smallest absolute Gasteiger partial charge is 0.124 e. The Kier molecular flexibility index (Phi) is 3.95. The van der Waals surface area contributed by atoms with E-state index in [1.165, 1.54) is 0 Å². The quantitative estimate of drug-likeness (QED) is 0.486. The van der Waals surface area contributed by atoms with Gasteiger partial charge in [-0.1, -0.05) is 27.8 Å². The molecule has 1 unspecified atom stereocenters. The topological polar surface area (TPSA) is 40.5 Å². The van der Waals surface area contributed by atoms with Crippen molar-refractivity contribution < 1.29 is 10.2 Å². The molecule has 2 N–H and O–H groups in total. The molecule has 0 rings (SSSR count). The molecule has 2 nitrogen and oxygen atoms in total. The van der Waals surface area contributed by atoms with Crippen LogP contribution in [0.1, 0.15) is 13.8 Å². The van der Waals surface area contributed by atoms with Crippen molar-refractivity contribution in [3.63, 3.8) is 0 Å². The van der Waals surface area contributed by atoms with E-state index in [2.05, 4.69) is 27.8 Å². The molecule has 0 radical (unpaired) electrons. The van der Waals surface area contributed by atoms with Gasteiger partial charge in [0, 0.05) is 5.33 Å². The van der Waals surface area contributed by atoms with Crippen LogP contribution in [0.3, 0.4) is 0 Å². The predicted molar refractivity (Wildman–Crippen MR) is 43.9 cm³/mol. The lowest BCUT2D eigenvalue weighted by atomic mass is 10.1. The zero-order chi connectivity index (χ0) is 8.20. The summed E-state index contributed by atoms with van der Waals surface area (Å²) in [6, 6.07) is 0. The lowest BCUT2D eigenvalue weighted by Gasteiger charge is -2.06. The van der Waals surface area contributed by atoms with Crippen molar-refractivity contribution in [2.75, 3.05) is 5.33 Å². The first kappa shape index (κ1) is 9.96. The molecule has 0 heterocycles. The highest BCUT2D eigenvalue weighted by molar-refractivity contribution is 9.09. The highest BCUT2D eigenvalue weighted by Gasteiger charge is 2.06. The normalized spacial score (nSPS) is 13.7. The van der Waals surface area contributed by atoms with E-state index in [1.54, 1.807) is 13.8 Å². The van der Waals surface area contributed by atoms with E-state index in [1.807, 2.05) is 0 Å². The minimum absolute atomic E-state index is 0.413. The zero-order valence-corrected chi connectivity index (χ0v) is 7.64. The Morgan fingerprint density at radius 3 is 2.40 bits per heavy atom. The molecule has 0 amide bonds. The number of hydrogen-bond acceptors (Lipinski definition) is 2. The fourth-order valence-electron chi connectivity index (χ4n) is 0.298. The number of hydrogen-bond donors (Lipinski definition) is 2. The van der Waals surface area contributed by atoms with Gasteiger partial charge in [-0.3, -0.25) is 0 Å². The monoisotopic (exact) mass is 206 g/mol. The molecular formula is C7H11BrO2. The number of rotatable bonds is 1. The third-order valence-electron chi connectivity index (χ3n) is 0.691. The fraction of sp³-hybridized carbons (Fsp3) is 0.714. The van der Waals surface area contributed by atoms with Crippen molar-refractivity contribution in [3.8, 4) is 11.8 Å². The van der Waals surface area contributed by atoms with Crippen molar-refractivity contribution in [1.82, 2.24) is 0 Å². The third-order valence-corrected chi connectivity index (χ3v) is 1.30. The Bertz CT molecular complexity index is 149. The molecule has 0 saturated heterocycles. The van der Waals surface area contributed by atoms with Crippen molar-refractivity contribution >= 4 is 15.9 Å². The van der Waals surface area contributed by atoms with Gasteiger partial charge in [0.2, 0.25) is 0 Å². The summed E-state index contributed by atoms with van der Waals surface area (Å²) in [4.78, 5) is 0. The average molecular weight is 207 g/mol. The second-order valence-corrected chi connectivity index (χ2v) is 3.15. The molecule has 0 bridgehead atoms. The van der Waals surface area contributed by atoms with E-state index in [0.717, 1.165) is 0 Å². The molecule has 0 spiro atoms. The summed E-state index contributed by atoms with van der Waals surface area (Å²) in [6.45, 7) is 3.14. The zero-order valence-electron chi connectivity index (χ0n) is 6.06. The van der Waals surface area contributed by atoms with Crippen LogP contribution in [-0.2, 0) is 0 Å². The van der Waals surface area contributed by atoms with Crippen LogP contribution >= 0.6 is 15.9 Å². The van der Waals surface area contributed by atoms with E-state index < -0.39 is 11.7 Å². The molecule has 0 aliphatic carbocycles. The molecule has 0 saturated carbocycles. The van der Waals surface area contributed by atoms with Crippen molar-refractivity contribution in [3.05, 3.63) is 0 Å². The lowest BCUT2D eigenvalue weighted by molar-refractivity contribution is 0.142. The predicted octanol–water partition coefficient (Wildman–Crippen LogP) is 0.516. The SMILES string of the molecule is CC(C)(O)C#CC(O)CBr. The first-order valence-corrected chi connectivity index (χ1v) is 4.07. The minimum atomic E-state index is -1.01. The summed E-state index contributed by atoms with van der Waals surface area (Å²) in [6.07, 6.45) is -0.688. The third kappa shape index (κ3) is 6.09. The van der Waals surface area contributed by atoms with E-state index in [0.29, 0.717) is 5.33 Å². The molecule has 0 aromatic rings. The molecule has 10 heavy (non-hydrogen) atoms. The Labute approximate surface area is 69.4 Å². The second-order valence-electron chi connectivity index (χ2n) is 2.50.